The molecule has 0 fully saturated rings. The third kappa shape index (κ3) is 4.43. The molecule has 1 aliphatic heterocycles. The molecular weight excluding hydrogens is 430 g/mol. The SMILES string of the molecule is C=CCN1C(=O)c2ccc(C(=O)OCC(=O)Nc3ccc([N+](=O)[O-])cc3Cl)cc2C1=O. The Morgan fingerprint density at radius 3 is 2.52 bits per heavy atom. The van der Waals surface area contributed by atoms with E-state index in [0.717, 1.165) is 17.0 Å². The Labute approximate surface area is 180 Å². The van der Waals surface area contributed by atoms with Gasteiger partial charge in [-0.05, 0) is 24.3 Å². The van der Waals surface area contributed by atoms with Gasteiger partial charge in [0.1, 0.15) is 0 Å². The zero-order valence-electron chi connectivity index (χ0n) is 15.8. The van der Waals surface area contributed by atoms with E-state index in [9.17, 15) is 29.3 Å². The molecule has 0 aliphatic carbocycles. The maximum absolute atomic E-state index is 12.3. The molecule has 0 bridgehead atoms. The first kappa shape index (κ1) is 21.7. The van der Waals surface area contributed by atoms with Gasteiger partial charge in [0.2, 0.25) is 0 Å². The van der Waals surface area contributed by atoms with Crippen molar-refractivity contribution in [3.8, 4) is 0 Å². The lowest BCUT2D eigenvalue weighted by molar-refractivity contribution is -0.384. The highest BCUT2D eigenvalue weighted by Crippen LogP contribution is 2.27. The van der Waals surface area contributed by atoms with Crippen LogP contribution in [0, 0.1) is 10.1 Å². The molecule has 0 spiro atoms. The van der Waals surface area contributed by atoms with E-state index < -0.39 is 35.2 Å². The number of anilines is 1. The number of hydrogen-bond acceptors (Lipinski definition) is 7. The number of imide groups is 1. The molecule has 2 aromatic carbocycles. The second kappa shape index (κ2) is 8.76. The van der Waals surface area contributed by atoms with Crippen molar-refractivity contribution in [2.45, 2.75) is 0 Å². The molecule has 11 heteroatoms. The lowest BCUT2D eigenvalue weighted by Crippen LogP contribution is -2.29. The Hall–Kier alpha value is -4.05. The van der Waals surface area contributed by atoms with Crippen molar-refractivity contribution < 1.29 is 28.8 Å². The van der Waals surface area contributed by atoms with Crippen LogP contribution >= 0.6 is 11.6 Å². The smallest absolute Gasteiger partial charge is 0.338 e. The lowest BCUT2D eigenvalue weighted by Gasteiger charge is -2.09. The van der Waals surface area contributed by atoms with Crippen LogP contribution in [-0.4, -0.2) is 46.7 Å². The molecule has 1 N–H and O–H groups in total. The Morgan fingerprint density at radius 2 is 1.87 bits per heavy atom. The van der Waals surface area contributed by atoms with Gasteiger partial charge in [-0.15, -0.1) is 6.58 Å². The van der Waals surface area contributed by atoms with Crippen molar-refractivity contribution in [3.63, 3.8) is 0 Å². The van der Waals surface area contributed by atoms with Crippen LogP contribution in [0.5, 0.6) is 0 Å². The summed E-state index contributed by atoms with van der Waals surface area (Å²) in [7, 11) is 0. The topological polar surface area (TPSA) is 136 Å². The molecule has 0 radical (unpaired) electrons. The van der Waals surface area contributed by atoms with Gasteiger partial charge in [0.05, 0.1) is 32.3 Å². The predicted octanol–water partition coefficient (Wildman–Crippen LogP) is 2.83. The molecule has 0 atom stereocenters. The molecule has 1 heterocycles. The fourth-order valence-electron chi connectivity index (χ4n) is 2.83. The van der Waals surface area contributed by atoms with E-state index >= 15 is 0 Å². The van der Waals surface area contributed by atoms with Crippen molar-refractivity contribution in [2.75, 3.05) is 18.5 Å². The lowest BCUT2D eigenvalue weighted by atomic mass is 10.1. The third-order valence-corrected chi connectivity index (χ3v) is 4.60. The Balaban J connectivity index is 1.64. The number of ether oxygens (including phenoxy) is 1. The number of carbonyl (C=O) groups is 4. The molecule has 10 nitrogen and oxygen atoms in total. The summed E-state index contributed by atoms with van der Waals surface area (Å²) >= 11 is 5.89. The summed E-state index contributed by atoms with van der Waals surface area (Å²) in [5, 5.41) is 13.0. The number of esters is 1. The second-order valence-corrected chi connectivity index (χ2v) is 6.72. The summed E-state index contributed by atoms with van der Waals surface area (Å²) in [5.41, 5.74) is 0.0712. The van der Waals surface area contributed by atoms with E-state index in [1.165, 1.54) is 30.3 Å². The number of nitro groups is 1. The van der Waals surface area contributed by atoms with Crippen LogP contribution in [-0.2, 0) is 9.53 Å². The summed E-state index contributed by atoms with van der Waals surface area (Å²) < 4.78 is 4.93. The van der Waals surface area contributed by atoms with Gasteiger partial charge in [0, 0.05) is 18.7 Å². The molecule has 1 aliphatic rings. The zero-order valence-corrected chi connectivity index (χ0v) is 16.5. The molecule has 2 aromatic rings. The first-order valence-electron chi connectivity index (χ1n) is 8.75. The first-order chi connectivity index (χ1) is 14.7. The number of benzene rings is 2. The number of amides is 3. The maximum atomic E-state index is 12.3. The normalized spacial score (nSPS) is 12.4. The van der Waals surface area contributed by atoms with Gasteiger partial charge in [-0.3, -0.25) is 29.4 Å². The number of nitro benzene ring substituents is 1. The minimum atomic E-state index is -0.879. The van der Waals surface area contributed by atoms with Crippen molar-refractivity contribution in [1.29, 1.82) is 0 Å². The summed E-state index contributed by atoms with van der Waals surface area (Å²) in [6.45, 7) is 2.86. The van der Waals surface area contributed by atoms with E-state index in [2.05, 4.69) is 11.9 Å². The number of rotatable bonds is 7. The van der Waals surface area contributed by atoms with Gasteiger partial charge in [-0.25, -0.2) is 4.79 Å². The van der Waals surface area contributed by atoms with Crippen LogP contribution in [0.3, 0.4) is 0 Å². The summed E-state index contributed by atoms with van der Waals surface area (Å²) in [6, 6.07) is 7.36. The van der Waals surface area contributed by atoms with E-state index in [1.54, 1.807) is 0 Å². The monoisotopic (exact) mass is 443 g/mol. The molecule has 0 unspecified atom stereocenters. The molecule has 3 rings (SSSR count). The predicted molar refractivity (Wildman–Crippen MR) is 109 cm³/mol. The highest BCUT2D eigenvalue weighted by molar-refractivity contribution is 6.34. The van der Waals surface area contributed by atoms with Crippen LogP contribution in [0.25, 0.3) is 0 Å². The van der Waals surface area contributed by atoms with Gasteiger partial charge in [0.15, 0.2) is 6.61 Å². The highest BCUT2D eigenvalue weighted by Gasteiger charge is 2.35. The molecule has 3 amide bonds. The molecule has 158 valence electrons. The third-order valence-electron chi connectivity index (χ3n) is 4.29. The average molecular weight is 444 g/mol. The van der Waals surface area contributed by atoms with Gasteiger partial charge >= 0.3 is 5.97 Å². The minimum Gasteiger partial charge on any atom is -0.452 e. The fraction of sp³-hybridized carbons (Fsp3) is 0.100. The molecule has 0 saturated heterocycles. The summed E-state index contributed by atoms with van der Waals surface area (Å²) in [4.78, 5) is 59.9. The Kier molecular flexibility index (Phi) is 6.12. The number of halogens is 1. The van der Waals surface area contributed by atoms with Crippen LogP contribution < -0.4 is 5.32 Å². The number of fused-ring (bicyclic) bond motifs is 1. The standard InChI is InChI=1S/C20H14ClN3O7/c1-2-7-23-18(26)13-5-3-11(8-14(13)19(23)27)20(28)31-10-17(25)22-16-6-4-12(24(29)30)9-15(16)21/h2-6,8-9H,1,7,10H2,(H,22,25). The average Bonchev–Trinajstić information content (AvgIpc) is 2.98. The fourth-order valence-corrected chi connectivity index (χ4v) is 3.05. The van der Waals surface area contributed by atoms with Gasteiger partial charge in [0.25, 0.3) is 23.4 Å². The van der Waals surface area contributed by atoms with E-state index in [0.29, 0.717) is 0 Å². The number of nitrogens with one attached hydrogen (secondary N) is 1. The van der Waals surface area contributed by atoms with E-state index in [-0.39, 0.29) is 39.6 Å². The minimum absolute atomic E-state index is 0.0125. The largest absolute Gasteiger partial charge is 0.452 e. The first-order valence-corrected chi connectivity index (χ1v) is 9.12. The molecule has 0 saturated carbocycles. The van der Waals surface area contributed by atoms with Crippen LogP contribution in [0.1, 0.15) is 31.1 Å². The Morgan fingerprint density at radius 1 is 1.16 bits per heavy atom. The Bertz CT molecular complexity index is 1150. The highest BCUT2D eigenvalue weighted by atomic mass is 35.5. The second-order valence-electron chi connectivity index (χ2n) is 6.32. The van der Waals surface area contributed by atoms with Crippen molar-refractivity contribution in [3.05, 3.63) is 80.9 Å². The van der Waals surface area contributed by atoms with Crippen molar-refractivity contribution in [2.24, 2.45) is 0 Å². The number of hydrogen-bond donors (Lipinski definition) is 1. The zero-order chi connectivity index (χ0) is 22.7. The van der Waals surface area contributed by atoms with Crippen molar-refractivity contribution >= 4 is 46.7 Å². The molecule has 31 heavy (non-hydrogen) atoms. The van der Waals surface area contributed by atoms with Crippen LogP contribution in [0.4, 0.5) is 11.4 Å². The number of non-ortho nitro benzene ring substituents is 1. The van der Waals surface area contributed by atoms with Gasteiger partial charge < -0.3 is 10.1 Å². The van der Waals surface area contributed by atoms with Crippen molar-refractivity contribution in [1.82, 2.24) is 4.90 Å². The van der Waals surface area contributed by atoms with Crippen LogP contribution in [0.15, 0.2) is 49.1 Å². The summed E-state index contributed by atoms with van der Waals surface area (Å²) in [6.07, 6.45) is 1.41. The van der Waals surface area contributed by atoms with Gasteiger partial charge in [-0.2, -0.15) is 0 Å². The van der Waals surface area contributed by atoms with Gasteiger partial charge in [-0.1, -0.05) is 17.7 Å². The molecule has 0 aromatic heterocycles. The molecular formula is C20H14ClN3O7. The number of nitrogens with zero attached hydrogens (tertiary/aromatic N) is 2. The maximum Gasteiger partial charge on any atom is 0.338 e. The van der Waals surface area contributed by atoms with Crippen LogP contribution in [0.2, 0.25) is 5.02 Å². The quantitative estimate of drug-likeness (QED) is 0.228. The summed E-state index contributed by atoms with van der Waals surface area (Å²) in [5.74, 6) is -2.65. The van der Waals surface area contributed by atoms with E-state index in [4.69, 9.17) is 16.3 Å². The number of carbonyl (C=O) groups excluding carboxylic acids is 4. The van der Waals surface area contributed by atoms with E-state index in [1.807, 2.05) is 0 Å².